The van der Waals surface area contributed by atoms with Gasteiger partial charge in [0.25, 0.3) is 5.91 Å². The van der Waals surface area contributed by atoms with Gasteiger partial charge in [-0.2, -0.15) is 0 Å². The van der Waals surface area contributed by atoms with E-state index in [0.717, 1.165) is 12.8 Å². The summed E-state index contributed by atoms with van der Waals surface area (Å²) in [5, 5.41) is 13.2. The molecule has 20 heavy (non-hydrogen) atoms. The van der Waals surface area contributed by atoms with Crippen LogP contribution in [-0.2, 0) is 4.74 Å². The highest BCUT2D eigenvalue weighted by Crippen LogP contribution is 2.35. The van der Waals surface area contributed by atoms with Crippen molar-refractivity contribution in [2.24, 2.45) is 5.92 Å². The van der Waals surface area contributed by atoms with Crippen LogP contribution in [0.25, 0.3) is 0 Å². The topological polar surface area (TPSA) is 75.8 Å². The zero-order valence-electron chi connectivity index (χ0n) is 11.8. The number of rotatable bonds is 2. The molecule has 0 spiro atoms. The van der Waals surface area contributed by atoms with E-state index in [2.05, 4.69) is 5.16 Å². The molecule has 0 radical (unpaired) electrons. The molecule has 1 aliphatic carbocycles. The maximum atomic E-state index is 12.7. The average Bonchev–Trinajstić information content (AvgIpc) is 3.01. The van der Waals surface area contributed by atoms with E-state index in [-0.39, 0.29) is 30.6 Å². The van der Waals surface area contributed by atoms with Crippen molar-refractivity contribution in [2.75, 3.05) is 19.8 Å². The van der Waals surface area contributed by atoms with Gasteiger partial charge < -0.3 is 19.3 Å². The van der Waals surface area contributed by atoms with Crippen LogP contribution in [0.4, 0.5) is 0 Å². The summed E-state index contributed by atoms with van der Waals surface area (Å²) in [4.78, 5) is 14.6. The molecule has 6 heteroatoms. The zero-order valence-corrected chi connectivity index (χ0v) is 11.8. The van der Waals surface area contributed by atoms with Crippen molar-refractivity contribution in [1.82, 2.24) is 10.1 Å². The van der Waals surface area contributed by atoms with Crippen molar-refractivity contribution in [3.63, 3.8) is 0 Å². The lowest BCUT2D eigenvalue weighted by Crippen LogP contribution is -2.51. The first-order chi connectivity index (χ1) is 9.61. The molecule has 1 saturated heterocycles. The van der Waals surface area contributed by atoms with E-state index in [1.54, 1.807) is 13.8 Å². The van der Waals surface area contributed by atoms with Crippen LogP contribution in [-0.4, -0.2) is 53.0 Å². The van der Waals surface area contributed by atoms with E-state index >= 15 is 0 Å². The number of amides is 1. The Hall–Kier alpha value is -1.40. The average molecular weight is 280 g/mol. The van der Waals surface area contributed by atoms with Crippen molar-refractivity contribution in [2.45, 2.75) is 38.8 Å². The molecule has 3 rings (SSSR count). The van der Waals surface area contributed by atoms with Gasteiger partial charge in [0.05, 0.1) is 24.4 Å². The van der Waals surface area contributed by atoms with Gasteiger partial charge in [0.15, 0.2) is 0 Å². The summed E-state index contributed by atoms with van der Waals surface area (Å²) in [6.07, 6.45) is 1.67. The molecule has 1 aromatic heterocycles. The maximum Gasteiger partial charge on any atom is 0.259 e. The predicted octanol–water partition coefficient (Wildman–Crippen LogP) is 0.903. The summed E-state index contributed by atoms with van der Waals surface area (Å²) in [6.45, 7) is 4.84. The first-order valence-electron chi connectivity index (χ1n) is 7.08. The third-order valence-electron chi connectivity index (χ3n) is 4.40. The highest BCUT2D eigenvalue weighted by Gasteiger charge is 2.43. The van der Waals surface area contributed by atoms with Crippen LogP contribution in [0.1, 0.15) is 34.7 Å². The van der Waals surface area contributed by atoms with Crippen LogP contribution in [0.15, 0.2) is 4.52 Å². The minimum Gasteiger partial charge on any atom is -0.396 e. The molecule has 1 unspecified atom stereocenters. The molecule has 110 valence electrons. The molecule has 1 amide bonds. The number of hydrogen-bond acceptors (Lipinski definition) is 5. The summed E-state index contributed by atoms with van der Waals surface area (Å²) in [5.74, 6) is 0.758. The Bertz CT molecular complexity index is 494. The van der Waals surface area contributed by atoms with E-state index in [1.165, 1.54) is 0 Å². The third kappa shape index (κ3) is 2.13. The van der Waals surface area contributed by atoms with E-state index < -0.39 is 0 Å². The van der Waals surface area contributed by atoms with Crippen LogP contribution >= 0.6 is 0 Å². The fourth-order valence-corrected chi connectivity index (χ4v) is 3.38. The summed E-state index contributed by atoms with van der Waals surface area (Å²) >= 11 is 0. The van der Waals surface area contributed by atoms with Gasteiger partial charge in [0.2, 0.25) is 0 Å². The van der Waals surface area contributed by atoms with E-state index in [4.69, 9.17) is 9.26 Å². The van der Waals surface area contributed by atoms with Crippen LogP contribution in [0.2, 0.25) is 0 Å². The quantitative estimate of drug-likeness (QED) is 0.871. The number of fused-ring (bicyclic) bond motifs is 1. The smallest absolute Gasteiger partial charge is 0.259 e. The number of aryl methyl sites for hydroxylation is 2. The number of aliphatic hydroxyl groups excluding tert-OH is 1. The number of nitrogens with zero attached hydrogens (tertiary/aromatic N) is 2. The Morgan fingerprint density at radius 3 is 2.90 bits per heavy atom. The van der Waals surface area contributed by atoms with Crippen molar-refractivity contribution >= 4 is 5.91 Å². The summed E-state index contributed by atoms with van der Waals surface area (Å²) in [6, 6.07) is 0.0575. The molecular formula is C14H20N2O4. The van der Waals surface area contributed by atoms with Gasteiger partial charge in [-0.15, -0.1) is 0 Å². The Kier molecular flexibility index (Phi) is 3.52. The standard InChI is InChI=1S/C14H20N2O4/c1-8-13(9(2)20-15-8)14(18)16-3-4-19-12-6-10(7-17)5-11(12)16/h10-12,17H,3-7H2,1-2H3/t10-,11+,12?/m1/s1. The van der Waals surface area contributed by atoms with Gasteiger partial charge in [0.1, 0.15) is 11.3 Å². The third-order valence-corrected chi connectivity index (χ3v) is 4.40. The lowest BCUT2D eigenvalue weighted by Gasteiger charge is -2.37. The second kappa shape index (κ2) is 5.18. The Labute approximate surface area is 117 Å². The Morgan fingerprint density at radius 1 is 1.45 bits per heavy atom. The monoisotopic (exact) mass is 280 g/mol. The second-order valence-electron chi connectivity index (χ2n) is 5.69. The number of aliphatic hydroxyl groups is 1. The summed E-state index contributed by atoms with van der Waals surface area (Å²) < 4.78 is 10.8. The van der Waals surface area contributed by atoms with E-state index in [9.17, 15) is 9.90 Å². The SMILES string of the molecule is Cc1noc(C)c1C(=O)N1CCOC2C[C@H](CO)C[C@@H]21. The molecule has 2 aliphatic rings. The predicted molar refractivity (Wildman–Crippen MR) is 70.4 cm³/mol. The minimum atomic E-state index is -0.0295. The number of aromatic nitrogens is 1. The van der Waals surface area contributed by atoms with Crippen LogP contribution in [0.5, 0.6) is 0 Å². The number of ether oxygens (including phenoxy) is 1. The van der Waals surface area contributed by atoms with Gasteiger partial charge in [-0.05, 0) is 32.6 Å². The fourth-order valence-electron chi connectivity index (χ4n) is 3.38. The highest BCUT2D eigenvalue weighted by molar-refractivity contribution is 5.96. The van der Waals surface area contributed by atoms with Crippen LogP contribution < -0.4 is 0 Å². The first-order valence-corrected chi connectivity index (χ1v) is 7.08. The minimum absolute atomic E-state index is 0.0295. The fraction of sp³-hybridized carbons (Fsp3) is 0.714. The van der Waals surface area contributed by atoms with Gasteiger partial charge >= 0.3 is 0 Å². The van der Waals surface area contributed by atoms with Gasteiger partial charge in [-0.3, -0.25) is 4.79 Å². The molecule has 1 N–H and O–H groups in total. The molecule has 1 aliphatic heterocycles. The highest BCUT2D eigenvalue weighted by atomic mass is 16.5. The van der Waals surface area contributed by atoms with Crippen molar-refractivity contribution in [1.29, 1.82) is 0 Å². The molecule has 2 fully saturated rings. The van der Waals surface area contributed by atoms with Crippen molar-refractivity contribution in [3.8, 4) is 0 Å². The summed E-state index contributed by atoms with van der Waals surface area (Å²) in [5.41, 5.74) is 1.20. The summed E-state index contributed by atoms with van der Waals surface area (Å²) in [7, 11) is 0. The number of carbonyl (C=O) groups is 1. The molecule has 0 aromatic carbocycles. The largest absolute Gasteiger partial charge is 0.396 e. The van der Waals surface area contributed by atoms with Crippen LogP contribution in [0.3, 0.4) is 0 Å². The maximum absolute atomic E-state index is 12.7. The first kappa shape index (κ1) is 13.6. The molecular weight excluding hydrogens is 260 g/mol. The number of hydrogen-bond donors (Lipinski definition) is 1. The van der Waals surface area contributed by atoms with Crippen molar-refractivity contribution in [3.05, 3.63) is 17.0 Å². The van der Waals surface area contributed by atoms with E-state index in [0.29, 0.717) is 30.2 Å². The normalized spacial score (nSPS) is 29.6. The zero-order chi connectivity index (χ0) is 14.3. The van der Waals surface area contributed by atoms with Gasteiger partial charge in [-0.1, -0.05) is 5.16 Å². The Morgan fingerprint density at radius 2 is 2.25 bits per heavy atom. The van der Waals surface area contributed by atoms with E-state index in [1.807, 2.05) is 4.90 Å². The van der Waals surface area contributed by atoms with Gasteiger partial charge in [0, 0.05) is 13.2 Å². The second-order valence-corrected chi connectivity index (χ2v) is 5.69. The van der Waals surface area contributed by atoms with Gasteiger partial charge in [-0.25, -0.2) is 0 Å². The molecule has 3 atom stereocenters. The van der Waals surface area contributed by atoms with Crippen LogP contribution in [0, 0.1) is 19.8 Å². The van der Waals surface area contributed by atoms with Crippen molar-refractivity contribution < 1.29 is 19.2 Å². The lowest BCUT2D eigenvalue weighted by molar-refractivity contribution is -0.0449. The Balaban J connectivity index is 1.84. The molecule has 0 bridgehead atoms. The molecule has 1 aromatic rings. The molecule has 6 nitrogen and oxygen atoms in total. The lowest BCUT2D eigenvalue weighted by atomic mass is 10.1. The number of carbonyl (C=O) groups excluding carboxylic acids is 1. The molecule has 2 heterocycles. The number of morpholine rings is 1. The molecule has 1 saturated carbocycles.